The van der Waals surface area contributed by atoms with E-state index in [2.05, 4.69) is 0 Å². The van der Waals surface area contributed by atoms with Crippen LogP contribution in [0.1, 0.15) is 23.6 Å². The molecule has 0 fully saturated rings. The molecule has 1 aromatic rings. The van der Waals surface area contributed by atoms with E-state index in [0.717, 1.165) is 11.1 Å². The fourth-order valence-electron chi connectivity index (χ4n) is 1.21. The lowest BCUT2D eigenvalue weighted by molar-refractivity contribution is 0.280. The highest BCUT2D eigenvalue weighted by atomic mass is 19.1. The maximum atomic E-state index is 13.1. The largest absolute Gasteiger partial charge is 0.392 e. The average molecular weight is 168 g/mol. The van der Waals surface area contributed by atoms with Crippen LogP contribution in [-0.4, -0.2) is 5.11 Å². The molecule has 0 aliphatic heterocycles. The van der Waals surface area contributed by atoms with Crippen molar-refractivity contribution in [3.05, 3.63) is 34.6 Å². The van der Waals surface area contributed by atoms with Crippen LogP contribution in [0.15, 0.2) is 12.1 Å². The number of hydrogen-bond donors (Lipinski definition) is 1. The van der Waals surface area contributed by atoms with Crippen molar-refractivity contribution in [2.24, 2.45) is 0 Å². The molecule has 0 saturated carbocycles. The molecule has 66 valence electrons. The number of aryl methyl sites for hydroxylation is 2. The van der Waals surface area contributed by atoms with Gasteiger partial charge in [-0.1, -0.05) is 13.0 Å². The third-order valence-electron chi connectivity index (χ3n) is 2.06. The molecule has 1 nitrogen and oxygen atoms in total. The molecule has 0 bridgehead atoms. The van der Waals surface area contributed by atoms with Gasteiger partial charge in [-0.2, -0.15) is 0 Å². The summed E-state index contributed by atoms with van der Waals surface area (Å²) in [5, 5.41) is 8.91. The van der Waals surface area contributed by atoms with E-state index in [1.54, 1.807) is 13.0 Å². The molecule has 2 heteroatoms. The molecule has 0 heterocycles. The van der Waals surface area contributed by atoms with Gasteiger partial charge >= 0.3 is 0 Å². The highest BCUT2D eigenvalue weighted by Gasteiger charge is 2.04. The quantitative estimate of drug-likeness (QED) is 0.717. The lowest BCUT2D eigenvalue weighted by Crippen LogP contribution is -1.95. The molecule has 0 amide bonds. The van der Waals surface area contributed by atoms with E-state index in [4.69, 9.17) is 5.11 Å². The van der Waals surface area contributed by atoms with Gasteiger partial charge in [-0.15, -0.1) is 0 Å². The van der Waals surface area contributed by atoms with E-state index in [9.17, 15) is 4.39 Å². The molecule has 0 saturated heterocycles. The van der Waals surface area contributed by atoms with Gasteiger partial charge in [0.2, 0.25) is 0 Å². The number of aliphatic hydroxyl groups excluding tert-OH is 1. The summed E-state index contributed by atoms with van der Waals surface area (Å²) in [4.78, 5) is 0. The lowest BCUT2D eigenvalue weighted by atomic mass is 10.0. The summed E-state index contributed by atoms with van der Waals surface area (Å²) in [5.41, 5.74) is 2.30. The van der Waals surface area contributed by atoms with Crippen molar-refractivity contribution in [3.63, 3.8) is 0 Å². The van der Waals surface area contributed by atoms with Crippen LogP contribution in [-0.2, 0) is 13.0 Å². The number of hydrogen-bond acceptors (Lipinski definition) is 1. The first-order valence-electron chi connectivity index (χ1n) is 4.07. The number of rotatable bonds is 2. The van der Waals surface area contributed by atoms with E-state index < -0.39 is 0 Å². The normalized spacial score (nSPS) is 10.3. The van der Waals surface area contributed by atoms with Crippen molar-refractivity contribution in [1.29, 1.82) is 0 Å². The topological polar surface area (TPSA) is 20.2 Å². The molecular weight excluding hydrogens is 155 g/mol. The predicted molar refractivity (Wildman–Crippen MR) is 46.4 cm³/mol. The highest BCUT2D eigenvalue weighted by Crippen LogP contribution is 2.15. The second kappa shape index (κ2) is 3.68. The van der Waals surface area contributed by atoms with E-state index in [1.807, 2.05) is 6.92 Å². The zero-order chi connectivity index (χ0) is 9.14. The van der Waals surface area contributed by atoms with Crippen molar-refractivity contribution < 1.29 is 9.50 Å². The summed E-state index contributed by atoms with van der Waals surface area (Å²) in [5.74, 6) is -0.174. The molecular formula is C10H13FO. The summed E-state index contributed by atoms with van der Waals surface area (Å²) >= 11 is 0. The van der Waals surface area contributed by atoms with Gasteiger partial charge < -0.3 is 5.11 Å². The maximum Gasteiger partial charge on any atom is 0.126 e. The molecule has 1 aromatic carbocycles. The van der Waals surface area contributed by atoms with Crippen molar-refractivity contribution in [3.8, 4) is 0 Å². The van der Waals surface area contributed by atoms with Crippen molar-refractivity contribution in [2.45, 2.75) is 26.9 Å². The first-order chi connectivity index (χ1) is 5.69. The number of halogens is 1. The molecule has 1 N–H and O–H groups in total. The van der Waals surface area contributed by atoms with Crippen LogP contribution in [0.5, 0.6) is 0 Å². The van der Waals surface area contributed by atoms with Crippen molar-refractivity contribution in [1.82, 2.24) is 0 Å². The first kappa shape index (κ1) is 9.20. The van der Waals surface area contributed by atoms with Crippen LogP contribution in [0.2, 0.25) is 0 Å². The third-order valence-corrected chi connectivity index (χ3v) is 2.06. The summed E-state index contributed by atoms with van der Waals surface area (Å²) in [6.07, 6.45) is 0.666. The summed E-state index contributed by atoms with van der Waals surface area (Å²) in [7, 11) is 0. The molecule has 0 atom stereocenters. The van der Waals surface area contributed by atoms with Gasteiger partial charge in [-0.3, -0.25) is 0 Å². The number of aliphatic hydroxyl groups is 1. The molecule has 0 spiro atoms. The van der Waals surface area contributed by atoms with Gasteiger partial charge in [-0.25, -0.2) is 4.39 Å². The SMILES string of the molecule is CCc1cc(CO)c(C)cc1F. The van der Waals surface area contributed by atoms with Gasteiger partial charge in [0.1, 0.15) is 5.82 Å². The molecule has 0 aliphatic rings. The first-order valence-corrected chi connectivity index (χ1v) is 4.07. The van der Waals surface area contributed by atoms with Crippen molar-refractivity contribution in [2.75, 3.05) is 0 Å². The van der Waals surface area contributed by atoms with Crippen LogP contribution in [0, 0.1) is 12.7 Å². The Morgan fingerprint density at radius 3 is 2.50 bits per heavy atom. The minimum absolute atomic E-state index is 0.0148. The minimum Gasteiger partial charge on any atom is -0.392 e. The Hall–Kier alpha value is -0.890. The lowest BCUT2D eigenvalue weighted by Gasteiger charge is -2.06. The zero-order valence-corrected chi connectivity index (χ0v) is 7.39. The Kier molecular flexibility index (Phi) is 2.82. The number of benzene rings is 1. The predicted octanol–water partition coefficient (Wildman–Crippen LogP) is 2.19. The van der Waals surface area contributed by atoms with Gasteiger partial charge in [0, 0.05) is 0 Å². The Labute approximate surface area is 71.9 Å². The minimum atomic E-state index is -0.174. The third kappa shape index (κ3) is 1.64. The smallest absolute Gasteiger partial charge is 0.126 e. The van der Waals surface area contributed by atoms with E-state index in [1.165, 1.54) is 6.07 Å². The van der Waals surface area contributed by atoms with E-state index in [-0.39, 0.29) is 12.4 Å². The van der Waals surface area contributed by atoms with Crippen LogP contribution in [0.25, 0.3) is 0 Å². The van der Waals surface area contributed by atoms with Gasteiger partial charge in [0.25, 0.3) is 0 Å². The zero-order valence-electron chi connectivity index (χ0n) is 7.39. The van der Waals surface area contributed by atoms with Crippen molar-refractivity contribution >= 4 is 0 Å². The van der Waals surface area contributed by atoms with E-state index >= 15 is 0 Å². The van der Waals surface area contributed by atoms with Crippen LogP contribution in [0.3, 0.4) is 0 Å². The van der Waals surface area contributed by atoms with E-state index in [0.29, 0.717) is 12.0 Å². The average Bonchev–Trinajstić information content (AvgIpc) is 2.05. The Morgan fingerprint density at radius 2 is 2.00 bits per heavy atom. The monoisotopic (exact) mass is 168 g/mol. The van der Waals surface area contributed by atoms with Gasteiger partial charge in [-0.05, 0) is 36.1 Å². The summed E-state index contributed by atoms with van der Waals surface area (Å²) < 4.78 is 13.1. The Bertz CT molecular complexity index is 256. The van der Waals surface area contributed by atoms with Crippen LogP contribution >= 0.6 is 0 Å². The van der Waals surface area contributed by atoms with Crippen LogP contribution < -0.4 is 0 Å². The molecule has 0 aliphatic carbocycles. The highest BCUT2D eigenvalue weighted by molar-refractivity contribution is 5.31. The van der Waals surface area contributed by atoms with Gasteiger partial charge in [0.15, 0.2) is 0 Å². The molecule has 1 rings (SSSR count). The second-order valence-corrected chi connectivity index (χ2v) is 2.88. The molecule has 0 unspecified atom stereocenters. The van der Waals surface area contributed by atoms with Crippen LogP contribution in [0.4, 0.5) is 4.39 Å². The second-order valence-electron chi connectivity index (χ2n) is 2.88. The molecule has 0 radical (unpaired) electrons. The Morgan fingerprint density at radius 1 is 1.33 bits per heavy atom. The summed E-state index contributed by atoms with van der Waals surface area (Å²) in [6.45, 7) is 3.68. The molecule has 0 aromatic heterocycles. The van der Waals surface area contributed by atoms with Gasteiger partial charge in [0.05, 0.1) is 6.61 Å². The molecule has 12 heavy (non-hydrogen) atoms. The summed E-state index contributed by atoms with van der Waals surface area (Å²) in [6, 6.07) is 3.20. The Balaban J connectivity index is 3.18. The standard InChI is InChI=1S/C10H13FO/c1-3-8-5-9(6-12)7(2)4-10(8)11/h4-5,12H,3,6H2,1-2H3. The maximum absolute atomic E-state index is 13.1. The fourth-order valence-corrected chi connectivity index (χ4v) is 1.21. The fraction of sp³-hybridized carbons (Fsp3) is 0.400.